The topological polar surface area (TPSA) is 58.6 Å². The fourth-order valence-corrected chi connectivity index (χ4v) is 3.23. The second kappa shape index (κ2) is 11.5. The summed E-state index contributed by atoms with van der Waals surface area (Å²) >= 11 is 0. The zero-order chi connectivity index (χ0) is 23.0. The van der Waals surface area contributed by atoms with Crippen LogP contribution in [0.15, 0.2) is 42.5 Å². The number of ether oxygens (including phenoxy) is 1. The van der Waals surface area contributed by atoms with Crippen LogP contribution in [0.2, 0.25) is 0 Å². The zero-order valence-corrected chi connectivity index (χ0v) is 19.1. The smallest absolute Gasteiger partial charge is 0.261 e. The molecule has 0 aromatic heterocycles. The molecular formula is C25H33FN2O3. The van der Waals surface area contributed by atoms with Gasteiger partial charge in [0.25, 0.3) is 5.91 Å². The predicted octanol–water partition coefficient (Wildman–Crippen LogP) is 4.54. The number of carbonyl (C=O) groups excluding carboxylic acids is 2. The first-order valence-electron chi connectivity index (χ1n) is 10.8. The van der Waals surface area contributed by atoms with Crippen LogP contribution < -0.4 is 10.1 Å². The van der Waals surface area contributed by atoms with Crippen LogP contribution in [0, 0.1) is 19.7 Å². The van der Waals surface area contributed by atoms with Gasteiger partial charge in [-0.2, -0.15) is 0 Å². The number of hydrogen-bond acceptors (Lipinski definition) is 3. The Morgan fingerprint density at radius 3 is 2.35 bits per heavy atom. The molecule has 0 fully saturated rings. The molecule has 2 amide bonds. The van der Waals surface area contributed by atoms with Crippen LogP contribution in [0.5, 0.6) is 5.75 Å². The summed E-state index contributed by atoms with van der Waals surface area (Å²) in [7, 11) is 0. The number of nitrogens with zero attached hydrogens (tertiary/aromatic N) is 1. The van der Waals surface area contributed by atoms with Crippen LogP contribution >= 0.6 is 0 Å². The Hall–Kier alpha value is -2.89. The molecule has 2 aromatic carbocycles. The second-order valence-corrected chi connectivity index (χ2v) is 7.95. The number of amides is 2. The Balaban J connectivity index is 2.23. The molecule has 0 heterocycles. The quantitative estimate of drug-likeness (QED) is 0.604. The van der Waals surface area contributed by atoms with Crippen molar-refractivity contribution in [3.05, 3.63) is 65.0 Å². The van der Waals surface area contributed by atoms with Crippen molar-refractivity contribution < 1.29 is 18.7 Å². The lowest BCUT2D eigenvalue weighted by molar-refractivity contribution is -0.143. The molecule has 0 saturated carbocycles. The number of benzene rings is 2. The zero-order valence-electron chi connectivity index (χ0n) is 19.1. The van der Waals surface area contributed by atoms with Crippen LogP contribution in [0.25, 0.3) is 0 Å². The first-order valence-corrected chi connectivity index (χ1v) is 10.8. The molecular weight excluding hydrogens is 395 g/mol. The standard InChI is InChI=1S/C25H33FN2O3/c1-6-19(5)27-25(30)22(7-2)28(15-20-10-12-21(26)13-11-20)24(29)16-31-23-14-17(3)8-9-18(23)4/h8-14,19,22H,6-7,15-16H2,1-5H3,(H,27,30)/t19-,22+/m0/s1. The molecule has 0 spiro atoms. The van der Waals surface area contributed by atoms with E-state index in [9.17, 15) is 14.0 Å². The van der Waals surface area contributed by atoms with Crippen molar-refractivity contribution in [1.82, 2.24) is 10.2 Å². The van der Waals surface area contributed by atoms with Gasteiger partial charge in [-0.05, 0) is 68.5 Å². The Kier molecular flexibility index (Phi) is 9.03. The fraction of sp³-hybridized carbons (Fsp3) is 0.440. The first kappa shape index (κ1) is 24.4. The molecule has 0 aliphatic carbocycles. The Morgan fingerprint density at radius 2 is 1.74 bits per heavy atom. The van der Waals surface area contributed by atoms with Gasteiger partial charge in [-0.15, -0.1) is 0 Å². The van der Waals surface area contributed by atoms with Crippen molar-refractivity contribution in [1.29, 1.82) is 0 Å². The largest absolute Gasteiger partial charge is 0.483 e. The summed E-state index contributed by atoms with van der Waals surface area (Å²) in [6.07, 6.45) is 1.25. The summed E-state index contributed by atoms with van der Waals surface area (Å²) in [6, 6.07) is 11.1. The lowest BCUT2D eigenvalue weighted by Crippen LogP contribution is -2.51. The number of halogens is 1. The van der Waals surface area contributed by atoms with E-state index in [-0.39, 0.29) is 36.8 Å². The highest BCUT2D eigenvalue weighted by Crippen LogP contribution is 2.20. The maximum absolute atomic E-state index is 13.3. The van der Waals surface area contributed by atoms with Crippen LogP contribution in [0.1, 0.15) is 50.3 Å². The van der Waals surface area contributed by atoms with Gasteiger partial charge in [0.2, 0.25) is 5.91 Å². The predicted molar refractivity (Wildman–Crippen MR) is 120 cm³/mol. The average molecular weight is 429 g/mol. The van der Waals surface area contributed by atoms with Gasteiger partial charge in [-0.1, -0.05) is 38.1 Å². The van der Waals surface area contributed by atoms with Gasteiger partial charge in [0, 0.05) is 12.6 Å². The van der Waals surface area contributed by atoms with E-state index in [2.05, 4.69) is 5.32 Å². The summed E-state index contributed by atoms with van der Waals surface area (Å²) in [4.78, 5) is 27.6. The van der Waals surface area contributed by atoms with Gasteiger partial charge < -0.3 is 15.0 Å². The summed E-state index contributed by atoms with van der Waals surface area (Å²) in [5.41, 5.74) is 2.72. The van der Waals surface area contributed by atoms with Crippen LogP contribution in [-0.2, 0) is 16.1 Å². The van der Waals surface area contributed by atoms with Crippen molar-refractivity contribution in [2.75, 3.05) is 6.61 Å². The third kappa shape index (κ3) is 7.09. The molecule has 2 rings (SSSR count). The van der Waals surface area contributed by atoms with Crippen molar-refractivity contribution in [3.63, 3.8) is 0 Å². The summed E-state index contributed by atoms with van der Waals surface area (Å²) in [6.45, 7) is 9.69. The minimum Gasteiger partial charge on any atom is -0.483 e. The van der Waals surface area contributed by atoms with E-state index < -0.39 is 6.04 Å². The highest BCUT2D eigenvalue weighted by atomic mass is 19.1. The van der Waals surface area contributed by atoms with E-state index >= 15 is 0 Å². The molecule has 1 N–H and O–H groups in total. The molecule has 168 valence electrons. The SMILES string of the molecule is CC[C@H](C(=O)N[C@@H](C)CC)N(Cc1ccc(F)cc1)C(=O)COc1cc(C)ccc1C. The number of rotatable bonds is 10. The van der Waals surface area contributed by atoms with Gasteiger partial charge in [-0.3, -0.25) is 9.59 Å². The average Bonchev–Trinajstić information content (AvgIpc) is 2.75. The molecule has 0 aliphatic heterocycles. The van der Waals surface area contributed by atoms with Crippen molar-refractivity contribution in [3.8, 4) is 5.75 Å². The Bertz CT molecular complexity index is 883. The van der Waals surface area contributed by atoms with E-state index in [4.69, 9.17) is 4.74 Å². The van der Waals surface area contributed by atoms with E-state index in [0.29, 0.717) is 12.2 Å². The van der Waals surface area contributed by atoms with Crippen LogP contribution in [0.3, 0.4) is 0 Å². The number of aryl methyl sites for hydroxylation is 2. The Labute approximate surface area is 184 Å². The number of carbonyl (C=O) groups is 2. The fourth-order valence-electron chi connectivity index (χ4n) is 3.23. The maximum atomic E-state index is 13.3. The van der Waals surface area contributed by atoms with Crippen LogP contribution in [0.4, 0.5) is 4.39 Å². The molecule has 0 radical (unpaired) electrons. The van der Waals surface area contributed by atoms with E-state index in [1.54, 1.807) is 12.1 Å². The maximum Gasteiger partial charge on any atom is 0.261 e. The van der Waals surface area contributed by atoms with Gasteiger partial charge >= 0.3 is 0 Å². The summed E-state index contributed by atoms with van der Waals surface area (Å²) in [5.74, 6) is -0.191. The third-order valence-electron chi connectivity index (χ3n) is 5.35. The normalized spacial score (nSPS) is 12.7. The number of nitrogens with one attached hydrogen (secondary N) is 1. The molecule has 6 heteroatoms. The highest BCUT2D eigenvalue weighted by molar-refractivity contribution is 5.88. The van der Waals surface area contributed by atoms with Crippen molar-refractivity contribution in [2.24, 2.45) is 0 Å². The molecule has 0 aliphatic rings. The summed E-state index contributed by atoms with van der Waals surface area (Å²) in [5, 5.41) is 2.97. The van der Waals surface area contributed by atoms with Crippen molar-refractivity contribution >= 4 is 11.8 Å². The lowest BCUT2D eigenvalue weighted by atomic mass is 10.1. The molecule has 31 heavy (non-hydrogen) atoms. The van der Waals surface area contributed by atoms with Gasteiger partial charge in [-0.25, -0.2) is 4.39 Å². The van der Waals surface area contributed by atoms with E-state index in [0.717, 1.165) is 23.1 Å². The molecule has 0 saturated heterocycles. The van der Waals surface area contributed by atoms with E-state index in [1.165, 1.54) is 17.0 Å². The minimum atomic E-state index is -0.645. The molecule has 2 atom stereocenters. The summed E-state index contributed by atoms with van der Waals surface area (Å²) < 4.78 is 19.1. The van der Waals surface area contributed by atoms with Gasteiger partial charge in [0.15, 0.2) is 6.61 Å². The lowest BCUT2D eigenvalue weighted by Gasteiger charge is -2.31. The van der Waals surface area contributed by atoms with Crippen molar-refractivity contribution in [2.45, 2.75) is 66.1 Å². The van der Waals surface area contributed by atoms with E-state index in [1.807, 2.05) is 52.8 Å². The third-order valence-corrected chi connectivity index (χ3v) is 5.35. The van der Waals surface area contributed by atoms with Crippen LogP contribution in [-0.4, -0.2) is 35.4 Å². The second-order valence-electron chi connectivity index (χ2n) is 7.95. The molecule has 2 aromatic rings. The minimum absolute atomic E-state index is 0.00974. The molecule has 5 nitrogen and oxygen atoms in total. The number of hydrogen-bond donors (Lipinski definition) is 1. The van der Waals surface area contributed by atoms with Gasteiger partial charge in [0.05, 0.1) is 0 Å². The Morgan fingerprint density at radius 1 is 1.06 bits per heavy atom. The first-order chi connectivity index (χ1) is 14.7. The molecule has 0 bridgehead atoms. The van der Waals surface area contributed by atoms with Gasteiger partial charge in [0.1, 0.15) is 17.6 Å². The monoisotopic (exact) mass is 428 g/mol. The highest BCUT2D eigenvalue weighted by Gasteiger charge is 2.29. The molecule has 0 unspecified atom stereocenters.